The Morgan fingerprint density at radius 2 is 1.90 bits per heavy atom. The molecule has 0 unspecified atom stereocenters. The zero-order chi connectivity index (χ0) is 21.7. The van der Waals surface area contributed by atoms with Crippen molar-refractivity contribution in [3.05, 3.63) is 75.0 Å². The average molecular weight is 518 g/mol. The summed E-state index contributed by atoms with van der Waals surface area (Å²) < 4.78 is 12.7. The van der Waals surface area contributed by atoms with Gasteiger partial charge in [-0.1, -0.05) is 35.9 Å². The summed E-state index contributed by atoms with van der Waals surface area (Å²) in [6.45, 7) is 8.57. The lowest BCUT2D eigenvalue weighted by atomic mass is 10.1. The van der Waals surface area contributed by atoms with Gasteiger partial charge < -0.3 is 14.8 Å². The van der Waals surface area contributed by atoms with Gasteiger partial charge in [-0.2, -0.15) is 0 Å². The first-order chi connectivity index (χ1) is 14.4. The van der Waals surface area contributed by atoms with E-state index in [-0.39, 0.29) is 18.1 Å². The molecule has 30 heavy (non-hydrogen) atoms. The van der Waals surface area contributed by atoms with Crippen LogP contribution >= 0.6 is 22.6 Å². The van der Waals surface area contributed by atoms with E-state index in [0.29, 0.717) is 24.7 Å². The first-order valence-electron chi connectivity index (χ1n) is 9.53. The zero-order valence-corrected chi connectivity index (χ0v) is 19.1. The average Bonchev–Trinajstić information content (AvgIpc) is 2.97. The van der Waals surface area contributed by atoms with Crippen molar-refractivity contribution in [2.75, 3.05) is 13.2 Å². The number of imide groups is 1. The van der Waals surface area contributed by atoms with Gasteiger partial charge in [0, 0.05) is 6.54 Å². The zero-order valence-electron chi connectivity index (χ0n) is 16.9. The van der Waals surface area contributed by atoms with Gasteiger partial charge in [-0.15, -0.1) is 6.58 Å². The van der Waals surface area contributed by atoms with E-state index in [0.717, 1.165) is 19.6 Å². The molecule has 2 aromatic rings. The van der Waals surface area contributed by atoms with Crippen LogP contribution in [0.5, 0.6) is 11.5 Å². The minimum Gasteiger partial charge on any atom is -0.490 e. The second kappa shape index (κ2) is 9.80. The highest BCUT2D eigenvalue weighted by Crippen LogP contribution is 2.35. The predicted octanol–water partition coefficient (Wildman–Crippen LogP) is 4.66. The second-order valence-corrected chi connectivity index (χ2v) is 7.89. The maximum absolute atomic E-state index is 12.4. The van der Waals surface area contributed by atoms with Crippen LogP contribution in [0.4, 0.5) is 4.79 Å². The van der Waals surface area contributed by atoms with Gasteiger partial charge in [0.1, 0.15) is 12.3 Å². The van der Waals surface area contributed by atoms with Crippen LogP contribution < -0.4 is 14.8 Å². The van der Waals surface area contributed by atoms with Crippen molar-refractivity contribution in [2.24, 2.45) is 0 Å². The topological polar surface area (TPSA) is 67.9 Å². The first-order valence-corrected chi connectivity index (χ1v) is 10.6. The van der Waals surface area contributed by atoms with E-state index in [1.165, 1.54) is 11.6 Å². The van der Waals surface area contributed by atoms with Crippen LogP contribution in [0.25, 0.3) is 6.08 Å². The van der Waals surface area contributed by atoms with Crippen LogP contribution in [0.1, 0.15) is 23.6 Å². The molecule has 0 radical (unpaired) electrons. The molecule has 0 atom stereocenters. The van der Waals surface area contributed by atoms with Crippen molar-refractivity contribution < 1.29 is 19.1 Å². The lowest BCUT2D eigenvalue weighted by molar-refractivity contribution is -0.122. The Bertz CT molecular complexity index is 999. The first kappa shape index (κ1) is 21.9. The van der Waals surface area contributed by atoms with Gasteiger partial charge in [-0.05, 0) is 65.8 Å². The molecule has 1 N–H and O–H groups in total. The molecule has 0 spiro atoms. The molecular weight excluding hydrogens is 495 g/mol. The van der Waals surface area contributed by atoms with Crippen LogP contribution in [-0.4, -0.2) is 30.0 Å². The summed E-state index contributed by atoms with van der Waals surface area (Å²) in [5.74, 6) is 0.853. The number of halogens is 1. The molecule has 1 aliphatic heterocycles. The van der Waals surface area contributed by atoms with Gasteiger partial charge in [0.25, 0.3) is 5.91 Å². The Labute approximate surface area is 189 Å². The SMILES string of the molecule is C=CCN1C(=O)N/C(=C/c2cc(I)c(OCc3ccc(C)cc3)c(OCC)c2)C1=O. The van der Waals surface area contributed by atoms with Gasteiger partial charge in [-0.25, -0.2) is 4.79 Å². The van der Waals surface area contributed by atoms with Crippen LogP contribution in [0.15, 0.2) is 54.8 Å². The lowest BCUT2D eigenvalue weighted by Crippen LogP contribution is -2.30. The number of amides is 3. The Morgan fingerprint density at radius 3 is 2.57 bits per heavy atom. The van der Waals surface area contributed by atoms with E-state index >= 15 is 0 Å². The number of benzene rings is 2. The molecule has 6 nitrogen and oxygen atoms in total. The number of nitrogens with one attached hydrogen (secondary N) is 1. The van der Waals surface area contributed by atoms with E-state index in [9.17, 15) is 9.59 Å². The maximum Gasteiger partial charge on any atom is 0.329 e. The molecule has 0 saturated carbocycles. The molecule has 1 heterocycles. The Morgan fingerprint density at radius 1 is 1.17 bits per heavy atom. The minimum absolute atomic E-state index is 0.162. The predicted molar refractivity (Wildman–Crippen MR) is 124 cm³/mol. The summed E-state index contributed by atoms with van der Waals surface area (Å²) in [7, 11) is 0. The molecule has 1 saturated heterocycles. The number of aryl methyl sites for hydroxylation is 1. The highest BCUT2D eigenvalue weighted by atomic mass is 127. The molecule has 0 aliphatic carbocycles. The van der Waals surface area contributed by atoms with Gasteiger partial charge in [-0.3, -0.25) is 9.69 Å². The summed E-state index contributed by atoms with van der Waals surface area (Å²) in [5, 5.41) is 2.60. The molecule has 156 valence electrons. The standard InChI is InChI=1S/C23H23IN2O4/c1-4-10-26-22(27)19(25-23(26)28)12-17-11-18(24)21(20(13-17)29-5-2)30-14-16-8-6-15(3)7-9-16/h4,6-9,11-13H,1,5,10,14H2,2-3H3,(H,25,28)/b19-12+. The van der Waals surface area contributed by atoms with Gasteiger partial charge >= 0.3 is 6.03 Å². The third-order valence-electron chi connectivity index (χ3n) is 4.42. The van der Waals surface area contributed by atoms with Crippen LogP contribution in [0.3, 0.4) is 0 Å². The summed E-state index contributed by atoms with van der Waals surface area (Å²) in [6, 6.07) is 11.4. The second-order valence-electron chi connectivity index (χ2n) is 6.73. The number of hydrogen-bond acceptors (Lipinski definition) is 4. The van der Waals surface area contributed by atoms with Crippen LogP contribution in [0, 0.1) is 10.5 Å². The molecule has 0 aromatic heterocycles. The Hall–Kier alpha value is -2.81. The molecule has 0 bridgehead atoms. The van der Waals surface area contributed by atoms with Crippen molar-refractivity contribution in [3.63, 3.8) is 0 Å². The number of nitrogens with zero attached hydrogens (tertiary/aromatic N) is 1. The van der Waals surface area contributed by atoms with Gasteiger partial charge in [0.05, 0.1) is 10.2 Å². The van der Waals surface area contributed by atoms with Crippen molar-refractivity contribution in [1.82, 2.24) is 10.2 Å². The summed E-state index contributed by atoms with van der Waals surface area (Å²) in [4.78, 5) is 25.5. The van der Waals surface area contributed by atoms with Gasteiger partial charge in [0.15, 0.2) is 11.5 Å². The molecular formula is C23H23IN2O4. The summed E-state index contributed by atoms with van der Waals surface area (Å²) in [6.07, 6.45) is 3.15. The van der Waals surface area contributed by atoms with Crippen LogP contribution in [0.2, 0.25) is 0 Å². The Kier molecular flexibility index (Phi) is 7.15. The molecule has 1 fully saturated rings. The monoisotopic (exact) mass is 518 g/mol. The molecule has 1 aliphatic rings. The Balaban J connectivity index is 1.85. The fraction of sp³-hybridized carbons (Fsp3) is 0.217. The number of rotatable bonds is 8. The van der Waals surface area contributed by atoms with Crippen molar-refractivity contribution >= 4 is 40.6 Å². The van der Waals surface area contributed by atoms with E-state index in [2.05, 4.69) is 34.5 Å². The van der Waals surface area contributed by atoms with Crippen LogP contribution in [-0.2, 0) is 11.4 Å². The largest absolute Gasteiger partial charge is 0.490 e. The van der Waals surface area contributed by atoms with Crippen molar-refractivity contribution in [3.8, 4) is 11.5 Å². The fourth-order valence-electron chi connectivity index (χ4n) is 2.95. The highest BCUT2D eigenvalue weighted by molar-refractivity contribution is 14.1. The van der Waals surface area contributed by atoms with E-state index in [4.69, 9.17) is 9.47 Å². The number of carbonyl (C=O) groups excluding carboxylic acids is 2. The smallest absolute Gasteiger partial charge is 0.329 e. The third-order valence-corrected chi connectivity index (χ3v) is 5.22. The van der Waals surface area contributed by atoms with E-state index in [1.54, 1.807) is 12.1 Å². The third kappa shape index (κ3) is 5.02. The highest BCUT2D eigenvalue weighted by Gasteiger charge is 2.32. The molecule has 3 amide bonds. The van der Waals surface area contributed by atoms with Crippen molar-refractivity contribution in [2.45, 2.75) is 20.5 Å². The van der Waals surface area contributed by atoms with Gasteiger partial charge in [0.2, 0.25) is 0 Å². The van der Waals surface area contributed by atoms with E-state index < -0.39 is 6.03 Å². The molecule has 3 rings (SSSR count). The number of ether oxygens (including phenoxy) is 2. The van der Waals surface area contributed by atoms with E-state index in [1.807, 2.05) is 44.2 Å². The summed E-state index contributed by atoms with van der Waals surface area (Å²) >= 11 is 2.18. The maximum atomic E-state index is 12.4. The lowest BCUT2D eigenvalue weighted by Gasteiger charge is -2.15. The number of urea groups is 1. The quantitative estimate of drug-likeness (QED) is 0.239. The fourth-order valence-corrected chi connectivity index (χ4v) is 3.73. The normalized spacial score (nSPS) is 14.8. The number of carbonyl (C=O) groups is 2. The minimum atomic E-state index is -0.455. The molecule has 7 heteroatoms. The summed E-state index contributed by atoms with van der Waals surface area (Å²) in [5.41, 5.74) is 3.20. The number of hydrogen-bond donors (Lipinski definition) is 1. The van der Waals surface area contributed by atoms with Crippen molar-refractivity contribution in [1.29, 1.82) is 0 Å². The molecule has 2 aromatic carbocycles.